The van der Waals surface area contributed by atoms with Gasteiger partial charge < -0.3 is 14.3 Å². The Balaban J connectivity index is 1.63. The second-order valence-electron chi connectivity index (χ2n) is 8.64. The number of nitrogens with zero attached hydrogens (tertiary/aromatic N) is 5. The van der Waals surface area contributed by atoms with Gasteiger partial charge in [0.05, 0.1) is 34.5 Å². The molecule has 1 aliphatic heterocycles. The molecule has 5 rings (SSSR count). The second kappa shape index (κ2) is 7.40. The molecule has 0 saturated heterocycles. The van der Waals surface area contributed by atoms with Gasteiger partial charge in [0.25, 0.3) is 5.91 Å². The Labute approximate surface area is 190 Å². The molecule has 8 nitrogen and oxygen atoms in total. The van der Waals surface area contributed by atoms with E-state index in [2.05, 4.69) is 20.1 Å². The van der Waals surface area contributed by atoms with E-state index in [1.54, 1.807) is 0 Å². The van der Waals surface area contributed by atoms with Crippen molar-refractivity contribution in [1.29, 1.82) is 0 Å². The lowest BCUT2D eigenvalue weighted by Gasteiger charge is -2.33. The third-order valence-corrected chi connectivity index (χ3v) is 5.79. The number of fused-ring (bicyclic) bond motifs is 2. The summed E-state index contributed by atoms with van der Waals surface area (Å²) in [5.74, 6) is -0.943. The molecule has 4 aromatic heterocycles. The van der Waals surface area contributed by atoms with Crippen LogP contribution in [0.25, 0.3) is 5.52 Å². The van der Waals surface area contributed by atoms with Gasteiger partial charge in [-0.25, -0.2) is 18.9 Å². The van der Waals surface area contributed by atoms with Crippen LogP contribution in [0.3, 0.4) is 0 Å². The quantitative estimate of drug-likeness (QED) is 0.444. The first kappa shape index (κ1) is 22.1. The van der Waals surface area contributed by atoms with Crippen LogP contribution in [0.1, 0.15) is 64.7 Å². The van der Waals surface area contributed by atoms with Crippen LogP contribution in [-0.2, 0) is 18.3 Å². The van der Waals surface area contributed by atoms with E-state index in [9.17, 15) is 22.4 Å². The predicted octanol–water partition coefficient (Wildman–Crippen LogP) is 4.37. The van der Waals surface area contributed by atoms with Gasteiger partial charge in [0.2, 0.25) is 11.7 Å². The van der Waals surface area contributed by atoms with E-state index in [1.165, 1.54) is 50.3 Å². The molecule has 1 unspecified atom stereocenters. The second-order valence-corrected chi connectivity index (χ2v) is 8.64. The highest BCUT2D eigenvalue weighted by Gasteiger charge is 2.40. The minimum absolute atomic E-state index is 0.135. The van der Waals surface area contributed by atoms with Gasteiger partial charge in [-0.3, -0.25) is 4.79 Å². The first-order chi connectivity index (χ1) is 15.9. The van der Waals surface area contributed by atoms with E-state index in [1.807, 2.05) is 0 Å². The molecule has 12 heteroatoms. The summed E-state index contributed by atoms with van der Waals surface area (Å²) in [6.07, 6.45) is -1.27. The Hall–Kier alpha value is -3.70. The van der Waals surface area contributed by atoms with Crippen LogP contribution >= 0.6 is 0 Å². The number of alkyl halides is 4. The summed E-state index contributed by atoms with van der Waals surface area (Å²) in [6.45, 7) is 4.28. The standard InChI is InChI=1S/C22H20F4N6O2/c1-11-18(34-20(29-11)21(2,3)23)19(33)31-8-6-13-16(28-10-27-13)17(31)14-9-15-12(22(24,25)26)5-4-7-32(15)30-14/h4-5,7,9-10,17H,6,8H2,1-3H3,(H,27,28). The number of halogens is 4. The summed E-state index contributed by atoms with van der Waals surface area (Å²) >= 11 is 0. The van der Waals surface area contributed by atoms with Crippen LogP contribution in [-0.4, -0.2) is 41.9 Å². The average Bonchev–Trinajstić information content (AvgIpc) is 3.48. The Bertz CT molecular complexity index is 1390. The van der Waals surface area contributed by atoms with Gasteiger partial charge in [0.15, 0.2) is 5.67 Å². The molecule has 5 heterocycles. The van der Waals surface area contributed by atoms with Gasteiger partial charge >= 0.3 is 6.18 Å². The van der Waals surface area contributed by atoms with Crippen molar-refractivity contribution in [1.82, 2.24) is 29.5 Å². The van der Waals surface area contributed by atoms with E-state index in [-0.39, 0.29) is 35.1 Å². The normalized spacial score (nSPS) is 16.8. The Morgan fingerprint density at radius 1 is 1.26 bits per heavy atom. The molecule has 1 atom stereocenters. The van der Waals surface area contributed by atoms with Crippen LogP contribution in [0.15, 0.2) is 35.1 Å². The van der Waals surface area contributed by atoms with Crippen molar-refractivity contribution in [3.63, 3.8) is 0 Å². The lowest BCUT2D eigenvalue weighted by atomic mass is 9.99. The summed E-state index contributed by atoms with van der Waals surface area (Å²) in [5.41, 5.74) is -1.23. The van der Waals surface area contributed by atoms with E-state index in [0.717, 1.165) is 16.3 Å². The van der Waals surface area contributed by atoms with Crippen LogP contribution in [0.4, 0.5) is 17.6 Å². The molecule has 34 heavy (non-hydrogen) atoms. The van der Waals surface area contributed by atoms with Crippen LogP contribution in [0, 0.1) is 6.92 Å². The number of H-pyrrole nitrogens is 1. The molecule has 178 valence electrons. The van der Waals surface area contributed by atoms with Crippen molar-refractivity contribution in [3.05, 3.63) is 70.7 Å². The van der Waals surface area contributed by atoms with Crippen molar-refractivity contribution in [3.8, 4) is 0 Å². The zero-order valence-corrected chi connectivity index (χ0v) is 18.4. The minimum Gasteiger partial charge on any atom is -0.432 e. The topological polar surface area (TPSA) is 92.3 Å². The smallest absolute Gasteiger partial charge is 0.418 e. The number of pyridine rings is 1. The molecular formula is C22H20F4N6O2. The largest absolute Gasteiger partial charge is 0.432 e. The predicted molar refractivity (Wildman–Crippen MR) is 111 cm³/mol. The number of hydrogen-bond acceptors (Lipinski definition) is 5. The molecule has 0 radical (unpaired) electrons. The van der Waals surface area contributed by atoms with Gasteiger partial charge in [0.1, 0.15) is 6.04 Å². The molecule has 0 bridgehead atoms. The highest BCUT2D eigenvalue weighted by atomic mass is 19.4. The van der Waals surface area contributed by atoms with E-state index < -0.39 is 29.4 Å². The number of carbonyl (C=O) groups is 1. The molecule has 1 aliphatic rings. The molecule has 0 fully saturated rings. The number of aryl methyl sites for hydroxylation is 1. The van der Waals surface area contributed by atoms with Crippen LogP contribution < -0.4 is 0 Å². The zero-order chi connectivity index (χ0) is 24.4. The number of hydrogen-bond donors (Lipinski definition) is 1. The summed E-state index contributed by atoms with van der Waals surface area (Å²) in [7, 11) is 0. The molecule has 4 aromatic rings. The number of rotatable bonds is 3. The van der Waals surface area contributed by atoms with E-state index in [4.69, 9.17) is 4.42 Å². The van der Waals surface area contributed by atoms with Crippen molar-refractivity contribution in [2.24, 2.45) is 0 Å². The fourth-order valence-electron chi connectivity index (χ4n) is 4.18. The summed E-state index contributed by atoms with van der Waals surface area (Å²) in [4.78, 5) is 26.3. The number of aromatic amines is 1. The maximum Gasteiger partial charge on any atom is 0.418 e. The lowest BCUT2D eigenvalue weighted by Crippen LogP contribution is -2.41. The Morgan fingerprint density at radius 3 is 2.71 bits per heavy atom. The summed E-state index contributed by atoms with van der Waals surface area (Å²) in [5, 5.41) is 4.34. The number of oxazole rings is 1. The average molecular weight is 476 g/mol. The van der Waals surface area contributed by atoms with Crippen molar-refractivity contribution in [2.45, 2.75) is 45.1 Å². The maximum absolute atomic E-state index is 14.4. The zero-order valence-electron chi connectivity index (χ0n) is 18.4. The SMILES string of the molecule is Cc1nc(C(C)(C)F)oc1C(=O)N1CCc2[nH]cnc2C1c1cc2c(C(F)(F)F)cccn2n1. The fourth-order valence-corrected chi connectivity index (χ4v) is 4.18. The first-order valence-electron chi connectivity index (χ1n) is 10.5. The number of carbonyl (C=O) groups excluding carboxylic acids is 1. The van der Waals surface area contributed by atoms with Gasteiger partial charge in [-0.05, 0) is 39.0 Å². The minimum atomic E-state index is -4.58. The van der Waals surface area contributed by atoms with Gasteiger partial charge in [0, 0.05) is 24.9 Å². The van der Waals surface area contributed by atoms with Gasteiger partial charge in [-0.15, -0.1) is 0 Å². The van der Waals surface area contributed by atoms with Crippen molar-refractivity contribution < 1.29 is 26.8 Å². The Kier molecular flexibility index (Phi) is 4.81. The van der Waals surface area contributed by atoms with Crippen molar-refractivity contribution >= 4 is 11.4 Å². The first-order valence-corrected chi connectivity index (χ1v) is 10.5. The number of nitrogens with one attached hydrogen (secondary N) is 1. The van der Waals surface area contributed by atoms with Gasteiger partial charge in [-0.1, -0.05) is 0 Å². The molecular weight excluding hydrogens is 456 g/mol. The summed E-state index contributed by atoms with van der Waals surface area (Å²) in [6, 6.07) is 2.66. The fraction of sp³-hybridized carbons (Fsp3) is 0.364. The van der Waals surface area contributed by atoms with E-state index in [0.29, 0.717) is 12.1 Å². The van der Waals surface area contributed by atoms with E-state index >= 15 is 0 Å². The third-order valence-electron chi connectivity index (χ3n) is 5.79. The lowest BCUT2D eigenvalue weighted by molar-refractivity contribution is -0.136. The highest BCUT2D eigenvalue weighted by Crippen LogP contribution is 2.38. The van der Waals surface area contributed by atoms with Crippen molar-refractivity contribution in [2.75, 3.05) is 6.54 Å². The molecule has 1 N–H and O–H groups in total. The molecule has 0 aliphatic carbocycles. The van der Waals surface area contributed by atoms with Gasteiger partial charge in [-0.2, -0.15) is 18.3 Å². The number of amides is 1. The molecule has 0 saturated carbocycles. The maximum atomic E-state index is 14.4. The molecule has 1 amide bonds. The monoisotopic (exact) mass is 476 g/mol. The highest BCUT2D eigenvalue weighted by molar-refractivity contribution is 5.93. The molecule has 0 aromatic carbocycles. The van der Waals surface area contributed by atoms with Crippen LogP contribution in [0.2, 0.25) is 0 Å². The number of aromatic nitrogens is 5. The molecule has 0 spiro atoms. The van der Waals surface area contributed by atoms with Crippen LogP contribution in [0.5, 0.6) is 0 Å². The number of imidazole rings is 1. The Morgan fingerprint density at radius 2 is 2.03 bits per heavy atom. The third kappa shape index (κ3) is 3.53. The summed E-state index contributed by atoms with van der Waals surface area (Å²) < 4.78 is 61.7.